The van der Waals surface area contributed by atoms with E-state index >= 15 is 0 Å². The zero-order valence-corrected chi connectivity index (χ0v) is 16.1. The number of nitro groups is 1. The van der Waals surface area contributed by atoms with Crippen LogP contribution in [0.15, 0.2) is 36.4 Å². The van der Waals surface area contributed by atoms with Crippen LogP contribution >= 0.6 is 0 Å². The number of carbonyl (C=O) groups is 2. The lowest BCUT2D eigenvalue weighted by molar-refractivity contribution is -0.385. The van der Waals surface area contributed by atoms with Crippen LogP contribution in [0.3, 0.4) is 0 Å². The van der Waals surface area contributed by atoms with Crippen LogP contribution in [0.5, 0.6) is 17.2 Å². The monoisotopic (exact) mass is 407 g/mol. The SMILES string of the molecule is COc1cc(C)ccc1OCCOc1ccc(C)cc1[N+](=O)[O-].O=C(O)C(=O)O. The van der Waals surface area contributed by atoms with Gasteiger partial charge in [0.05, 0.1) is 12.0 Å². The molecule has 0 spiro atoms. The Morgan fingerprint density at radius 3 is 1.86 bits per heavy atom. The molecule has 2 N–H and O–H groups in total. The Labute approximate surface area is 166 Å². The molecule has 10 heteroatoms. The minimum atomic E-state index is -1.82. The highest BCUT2D eigenvalue weighted by molar-refractivity contribution is 6.27. The minimum Gasteiger partial charge on any atom is -0.493 e. The molecule has 2 aromatic carbocycles. The van der Waals surface area contributed by atoms with E-state index in [9.17, 15) is 10.1 Å². The van der Waals surface area contributed by atoms with Gasteiger partial charge in [-0.2, -0.15) is 0 Å². The fourth-order valence-electron chi connectivity index (χ4n) is 2.09. The van der Waals surface area contributed by atoms with Crippen molar-refractivity contribution in [1.82, 2.24) is 0 Å². The van der Waals surface area contributed by atoms with E-state index in [0.29, 0.717) is 11.5 Å². The maximum Gasteiger partial charge on any atom is 0.414 e. The Kier molecular flexibility index (Phi) is 8.90. The lowest BCUT2D eigenvalue weighted by Crippen LogP contribution is -2.10. The van der Waals surface area contributed by atoms with E-state index in [1.807, 2.05) is 25.1 Å². The summed E-state index contributed by atoms with van der Waals surface area (Å²) < 4.78 is 16.3. The summed E-state index contributed by atoms with van der Waals surface area (Å²) in [4.78, 5) is 28.8. The first-order chi connectivity index (χ1) is 13.6. The third kappa shape index (κ3) is 7.75. The van der Waals surface area contributed by atoms with Crippen LogP contribution in [0.2, 0.25) is 0 Å². The molecule has 0 saturated heterocycles. The van der Waals surface area contributed by atoms with Gasteiger partial charge in [-0.1, -0.05) is 12.1 Å². The van der Waals surface area contributed by atoms with Crippen molar-refractivity contribution in [2.75, 3.05) is 20.3 Å². The van der Waals surface area contributed by atoms with Gasteiger partial charge in [-0.15, -0.1) is 0 Å². The second-order valence-corrected chi connectivity index (χ2v) is 5.69. The van der Waals surface area contributed by atoms with Gasteiger partial charge in [-0.3, -0.25) is 10.1 Å². The molecule has 0 fully saturated rings. The molecule has 0 heterocycles. The molecule has 0 radical (unpaired) electrons. The molecule has 0 bridgehead atoms. The lowest BCUT2D eigenvalue weighted by atomic mass is 10.2. The molecule has 0 atom stereocenters. The number of benzene rings is 2. The van der Waals surface area contributed by atoms with Crippen LogP contribution in [0.25, 0.3) is 0 Å². The quantitative estimate of drug-likeness (QED) is 0.306. The molecule has 29 heavy (non-hydrogen) atoms. The lowest BCUT2D eigenvalue weighted by Gasteiger charge is -2.12. The third-order valence-corrected chi connectivity index (χ3v) is 3.41. The molecule has 0 aliphatic heterocycles. The summed E-state index contributed by atoms with van der Waals surface area (Å²) in [6.45, 7) is 4.21. The predicted molar refractivity (Wildman–Crippen MR) is 102 cm³/mol. The third-order valence-electron chi connectivity index (χ3n) is 3.41. The standard InChI is InChI=1S/C17H19NO5.C2H2O4/c1-12-4-6-15(14(10-12)18(19)20)22-8-9-23-16-7-5-13(2)11-17(16)21-3;3-1(4)2(5)6/h4-7,10-11H,8-9H2,1-3H3;(H,3,4)(H,5,6). The van der Waals surface area contributed by atoms with Crippen LogP contribution in [0, 0.1) is 24.0 Å². The highest BCUT2D eigenvalue weighted by Gasteiger charge is 2.15. The highest BCUT2D eigenvalue weighted by atomic mass is 16.6. The fourth-order valence-corrected chi connectivity index (χ4v) is 2.09. The van der Waals surface area contributed by atoms with Crippen LogP contribution in [0.4, 0.5) is 5.69 Å². The zero-order chi connectivity index (χ0) is 22.0. The number of aliphatic carboxylic acids is 2. The normalized spacial score (nSPS) is 9.62. The first-order valence-corrected chi connectivity index (χ1v) is 8.27. The van der Waals surface area contributed by atoms with Crippen molar-refractivity contribution in [3.63, 3.8) is 0 Å². The molecule has 2 aromatic rings. The molecule has 0 aromatic heterocycles. The van der Waals surface area contributed by atoms with Crippen molar-refractivity contribution >= 4 is 17.6 Å². The maximum absolute atomic E-state index is 11.0. The van der Waals surface area contributed by atoms with Crippen LogP contribution in [-0.2, 0) is 9.59 Å². The summed E-state index contributed by atoms with van der Waals surface area (Å²) in [5, 5.41) is 25.8. The molecule has 0 aliphatic rings. The smallest absolute Gasteiger partial charge is 0.414 e. The molecule has 2 rings (SSSR count). The first-order valence-electron chi connectivity index (χ1n) is 8.27. The molecule has 156 valence electrons. The van der Waals surface area contributed by atoms with E-state index < -0.39 is 16.9 Å². The Morgan fingerprint density at radius 1 is 0.897 bits per heavy atom. The number of hydrogen-bond acceptors (Lipinski definition) is 7. The number of hydrogen-bond donors (Lipinski definition) is 2. The van der Waals surface area contributed by atoms with E-state index in [1.54, 1.807) is 26.2 Å². The van der Waals surface area contributed by atoms with Crippen LogP contribution in [0.1, 0.15) is 11.1 Å². The van der Waals surface area contributed by atoms with Gasteiger partial charge in [0.2, 0.25) is 0 Å². The van der Waals surface area contributed by atoms with E-state index in [0.717, 1.165) is 11.1 Å². The van der Waals surface area contributed by atoms with Gasteiger partial charge in [0.1, 0.15) is 13.2 Å². The fraction of sp³-hybridized carbons (Fsp3) is 0.263. The van der Waals surface area contributed by atoms with Crippen LogP contribution < -0.4 is 14.2 Å². The summed E-state index contributed by atoms with van der Waals surface area (Å²) in [6.07, 6.45) is 0. The van der Waals surface area contributed by atoms with Crippen molar-refractivity contribution < 1.29 is 38.9 Å². The second-order valence-electron chi connectivity index (χ2n) is 5.69. The zero-order valence-electron chi connectivity index (χ0n) is 16.1. The number of carboxylic acid groups (broad SMARTS) is 2. The van der Waals surface area contributed by atoms with Crippen molar-refractivity contribution in [3.8, 4) is 17.2 Å². The van der Waals surface area contributed by atoms with Gasteiger partial charge in [-0.25, -0.2) is 9.59 Å². The summed E-state index contributed by atoms with van der Waals surface area (Å²) >= 11 is 0. The van der Waals surface area contributed by atoms with E-state index in [-0.39, 0.29) is 24.7 Å². The van der Waals surface area contributed by atoms with Crippen molar-refractivity contribution in [1.29, 1.82) is 0 Å². The Balaban J connectivity index is 0.000000612. The molecular formula is C19H21NO9. The molecular weight excluding hydrogens is 386 g/mol. The van der Waals surface area contributed by atoms with Crippen molar-refractivity contribution in [2.45, 2.75) is 13.8 Å². The number of rotatable bonds is 7. The van der Waals surface area contributed by atoms with Gasteiger partial charge in [0.15, 0.2) is 17.2 Å². The van der Waals surface area contributed by atoms with Gasteiger partial charge < -0.3 is 24.4 Å². The average Bonchev–Trinajstić information content (AvgIpc) is 2.67. The Bertz CT molecular complexity index is 868. The summed E-state index contributed by atoms with van der Waals surface area (Å²) in [7, 11) is 1.58. The van der Waals surface area contributed by atoms with E-state index in [1.165, 1.54) is 6.07 Å². The van der Waals surface area contributed by atoms with Crippen LogP contribution in [-0.4, -0.2) is 47.4 Å². The van der Waals surface area contributed by atoms with E-state index in [2.05, 4.69) is 0 Å². The number of aryl methyl sites for hydroxylation is 2. The van der Waals surface area contributed by atoms with Gasteiger partial charge >= 0.3 is 17.6 Å². The largest absolute Gasteiger partial charge is 0.493 e. The predicted octanol–water partition coefficient (Wildman–Crippen LogP) is 2.83. The minimum absolute atomic E-state index is 0.0436. The Morgan fingerprint density at radius 2 is 1.38 bits per heavy atom. The number of carboxylic acids is 2. The molecule has 10 nitrogen and oxygen atoms in total. The number of ether oxygens (including phenoxy) is 3. The Hall–Kier alpha value is -3.82. The second kappa shape index (κ2) is 11.1. The highest BCUT2D eigenvalue weighted by Crippen LogP contribution is 2.29. The first kappa shape index (κ1) is 23.2. The summed E-state index contributed by atoms with van der Waals surface area (Å²) in [5.74, 6) is -2.16. The van der Waals surface area contributed by atoms with Crippen molar-refractivity contribution in [2.24, 2.45) is 0 Å². The van der Waals surface area contributed by atoms with Gasteiger partial charge in [0.25, 0.3) is 0 Å². The van der Waals surface area contributed by atoms with Crippen molar-refractivity contribution in [3.05, 3.63) is 57.6 Å². The maximum atomic E-state index is 11.0. The van der Waals surface area contributed by atoms with E-state index in [4.69, 9.17) is 34.0 Å². The molecule has 0 amide bonds. The number of nitrogens with zero attached hydrogens (tertiary/aromatic N) is 1. The number of nitro benzene ring substituents is 1. The average molecular weight is 407 g/mol. The molecule has 0 saturated carbocycles. The molecule has 0 aliphatic carbocycles. The molecule has 0 unspecified atom stereocenters. The summed E-state index contributed by atoms with van der Waals surface area (Å²) in [5.41, 5.74) is 1.84. The number of methoxy groups -OCH3 is 1. The van der Waals surface area contributed by atoms with Gasteiger partial charge in [-0.05, 0) is 43.2 Å². The summed E-state index contributed by atoms with van der Waals surface area (Å²) in [6, 6.07) is 10.5. The van der Waals surface area contributed by atoms with Gasteiger partial charge in [0, 0.05) is 6.07 Å². The topological polar surface area (TPSA) is 145 Å².